The van der Waals surface area contributed by atoms with E-state index < -0.39 is 28.5 Å². The van der Waals surface area contributed by atoms with Gasteiger partial charge in [0.1, 0.15) is 12.6 Å². The number of rotatable bonds is 10. The standard InChI is InChI=1S/C29H35N3O4S/c1-21(2)30-29(34)24(5)31(19-25-12-8-6-9-13-25)28(33)20-32(26-17-16-22(3)23(4)18-26)37(35,36)27-14-10-7-11-15-27/h6-18,21,24H,19-20H2,1-5H3,(H,30,34)/t24-/m1/s1. The first-order valence-electron chi connectivity index (χ1n) is 12.3. The smallest absolute Gasteiger partial charge is 0.264 e. The van der Waals surface area contributed by atoms with E-state index in [0.29, 0.717) is 5.69 Å². The highest BCUT2D eigenvalue weighted by Gasteiger charge is 2.32. The minimum Gasteiger partial charge on any atom is -0.352 e. The number of carbonyl (C=O) groups is 2. The zero-order chi connectivity index (χ0) is 27.2. The number of hydrogen-bond acceptors (Lipinski definition) is 4. The van der Waals surface area contributed by atoms with Crippen molar-refractivity contribution < 1.29 is 18.0 Å². The molecule has 0 aromatic heterocycles. The molecule has 0 heterocycles. The van der Waals surface area contributed by atoms with Crippen LogP contribution >= 0.6 is 0 Å². The number of carbonyl (C=O) groups excluding carboxylic acids is 2. The molecule has 1 N–H and O–H groups in total. The molecule has 3 aromatic rings. The normalized spacial score (nSPS) is 12.2. The van der Waals surface area contributed by atoms with E-state index in [1.807, 2.05) is 64.1 Å². The van der Waals surface area contributed by atoms with Crippen molar-refractivity contribution in [1.82, 2.24) is 10.2 Å². The van der Waals surface area contributed by atoms with Crippen molar-refractivity contribution in [2.24, 2.45) is 0 Å². The molecule has 1 atom stereocenters. The maximum absolute atomic E-state index is 13.8. The van der Waals surface area contributed by atoms with Gasteiger partial charge in [0.05, 0.1) is 10.6 Å². The van der Waals surface area contributed by atoms with Gasteiger partial charge in [0.25, 0.3) is 10.0 Å². The quantitative estimate of drug-likeness (QED) is 0.427. The van der Waals surface area contributed by atoms with E-state index >= 15 is 0 Å². The molecule has 0 bridgehead atoms. The fourth-order valence-electron chi connectivity index (χ4n) is 3.90. The summed E-state index contributed by atoms with van der Waals surface area (Å²) in [7, 11) is -4.06. The number of nitrogens with one attached hydrogen (secondary N) is 1. The predicted octanol–water partition coefficient (Wildman–Crippen LogP) is 4.44. The van der Waals surface area contributed by atoms with E-state index in [0.717, 1.165) is 21.0 Å². The Morgan fingerprint density at radius 1 is 0.838 bits per heavy atom. The maximum atomic E-state index is 13.8. The second-order valence-electron chi connectivity index (χ2n) is 9.44. The minimum absolute atomic E-state index is 0.0845. The van der Waals surface area contributed by atoms with Crippen LogP contribution in [0.15, 0.2) is 83.8 Å². The number of benzene rings is 3. The van der Waals surface area contributed by atoms with Crippen LogP contribution in [0, 0.1) is 13.8 Å². The topological polar surface area (TPSA) is 86.8 Å². The lowest BCUT2D eigenvalue weighted by Gasteiger charge is -2.32. The van der Waals surface area contributed by atoms with Crippen LogP contribution in [0.1, 0.15) is 37.5 Å². The van der Waals surface area contributed by atoms with Gasteiger partial charge in [0.15, 0.2) is 0 Å². The van der Waals surface area contributed by atoms with Gasteiger partial charge in [-0.3, -0.25) is 13.9 Å². The monoisotopic (exact) mass is 521 g/mol. The van der Waals surface area contributed by atoms with Gasteiger partial charge in [-0.1, -0.05) is 54.6 Å². The van der Waals surface area contributed by atoms with Gasteiger partial charge in [-0.25, -0.2) is 8.42 Å². The van der Waals surface area contributed by atoms with E-state index in [9.17, 15) is 18.0 Å². The Labute approximate surface area is 220 Å². The molecule has 0 aliphatic carbocycles. The summed E-state index contributed by atoms with van der Waals surface area (Å²) in [6.45, 7) is 8.91. The molecule has 0 saturated heterocycles. The van der Waals surface area contributed by atoms with E-state index in [1.54, 1.807) is 37.3 Å². The zero-order valence-corrected chi connectivity index (χ0v) is 22.8. The lowest BCUT2D eigenvalue weighted by Crippen LogP contribution is -2.52. The van der Waals surface area contributed by atoms with Crippen molar-refractivity contribution >= 4 is 27.5 Å². The number of nitrogens with zero attached hydrogens (tertiary/aromatic N) is 2. The molecule has 0 fully saturated rings. The largest absolute Gasteiger partial charge is 0.352 e. The third-order valence-electron chi connectivity index (χ3n) is 6.18. The van der Waals surface area contributed by atoms with Crippen LogP contribution in [0.25, 0.3) is 0 Å². The molecular formula is C29H35N3O4S. The lowest BCUT2D eigenvalue weighted by atomic mass is 10.1. The summed E-state index contributed by atoms with van der Waals surface area (Å²) >= 11 is 0. The average molecular weight is 522 g/mol. The summed E-state index contributed by atoms with van der Waals surface area (Å²) in [4.78, 5) is 28.3. The molecule has 0 spiro atoms. The van der Waals surface area contributed by atoms with E-state index in [2.05, 4.69) is 5.32 Å². The van der Waals surface area contributed by atoms with Gasteiger partial charge in [0.2, 0.25) is 11.8 Å². The number of aryl methyl sites for hydroxylation is 2. The van der Waals surface area contributed by atoms with E-state index in [4.69, 9.17) is 0 Å². The molecule has 3 aromatic carbocycles. The summed E-state index contributed by atoms with van der Waals surface area (Å²) in [6.07, 6.45) is 0. The Morgan fingerprint density at radius 3 is 2.00 bits per heavy atom. The van der Waals surface area contributed by atoms with E-state index in [1.165, 1.54) is 17.0 Å². The molecule has 196 valence electrons. The number of hydrogen-bond donors (Lipinski definition) is 1. The van der Waals surface area contributed by atoms with Gasteiger partial charge in [-0.2, -0.15) is 0 Å². The molecular weight excluding hydrogens is 486 g/mol. The molecule has 0 aliphatic rings. The Bertz CT molecular complexity index is 1330. The molecule has 8 heteroatoms. The maximum Gasteiger partial charge on any atom is 0.264 e. The molecule has 37 heavy (non-hydrogen) atoms. The summed E-state index contributed by atoms with van der Waals surface area (Å²) in [6, 6.07) is 21.8. The third kappa shape index (κ3) is 6.98. The first kappa shape index (κ1) is 27.9. The van der Waals surface area contributed by atoms with Crippen LogP contribution in [-0.4, -0.2) is 43.8 Å². The molecule has 0 radical (unpaired) electrons. The molecule has 3 rings (SSSR count). The van der Waals surface area contributed by atoms with Gasteiger partial charge in [-0.15, -0.1) is 0 Å². The fourth-order valence-corrected chi connectivity index (χ4v) is 5.32. The Balaban J connectivity index is 2.03. The predicted molar refractivity (Wildman–Crippen MR) is 147 cm³/mol. The lowest BCUT2D eigenvalue weighted by molar-refractivity contribution is -0.139. The molecule has 0 unspecified atom stereocenters. The van der Waals surface area contributed by atoms with E-state index in [-0.39, 0.29) is 23.4 Å². The first-order chi connectivity index (χ1) is 17.5. The van der Waals surface area contributed by atoms with Crippen LogP contribution in [-0.2, 0) is 26.2 Å². The molecule has 0 aliphatic heterocycles. The van der Waals surface area contributed by atoms with Gasteiger partial charge >= 0.3 is 0 Å². The Morgan fingerprint density at radius 2 is 1.43 bits per heavy atom. The summed E-state index contributed by atoms with van der Waals surface area (Å²) in [5.41, 5.74) is 3.14. The van der Waals surface area contributed by atoms with Crippen molar-refractivity contribution in [2.45, 2.75) is 58.1 Å². The highest BCUT2D eigenvalue weighted by Crippen LogP contribution is 2.26. The number of amides is 2. The van der Waals surface area contributed by atoms with Crippen molar-refractivity contribution in [1.29, 1.82) is 0 Å². The summed E-state index contributed by atoms with van der Waals surface area (Å²) < 4.78 is 28.7. The van der Waals surface area contributed by atoms with Gasteiger partial charge in [-0.05, 0) is 75.6 Å². The first-order valence-corrected chi connectivity index (χ1v) is 13.7. The second kappa shape index (κ2) is 12.1. The fraction of sp³-hybridized carbons (Fsp3) is 0.310. The van der Waals surface area contributed by atoms with Crippen LogP contribution in [0.2, 0.25) is 0 Å². The molecule has 7 nitrogen and oxygen atoms in total. The van der Waals surface area contributed by atoms with Crippen LogP contribution in [0.4, 0.5) is 5.69 Å². The highest BCUT2D eigenvalue weighted by atomic mass is 32.2. The molecule has 2 amide bonds. The number of sulfonamides is 1. The minimum atomic E-state index is -4.06. The van der Waals surface area contributed by atoms with Crippen molar-refractivity contribution in [3.63, 3.8) is 0 Å². The Hall–Kier alpha value is -3.65. The van der Waals surface area contributed by atoms with Crippen LogP contribution in [0.3, 0.4) is 0 Å². The van der Waals surface area contributed by atoms with Gasteiger partial charge in [0, 0.05) is 12.6 Å². The summed E-state index contributed by atoms with van der Waals surface area (Å²) in [5, 5.41) is 2.85. The SMILES string of the molecule is Cc1ccc(N(CC(=O)N(Cc2ccccc2)[C@H](C)C(=O)NC(C)C)S(=O)(=O)c2ccccc2)cc1C. The van der Waals surface area contributed by atoms with Crippen LogP contribution < -0.4 is 9.62 Å². The van der Waals surface area contributed by atoms with Crippen molar-refractivity contribution in [3.05, 3.63) is 95.6 Å². The highest BCUT2D eigenvalue weighted by molar-refractivity contribution is 7.92. The van der Waals surface area contributed by atoms with Crippen molar-refractivity contribution in [3.8, 4) is 0 Å². The van der Waals surface area contributed by atoms with Crippen molar-refractivity contribution in [2.75, 3.05) is 10.8 Å². The van der Waals surface area contributed by atoms with Gasteiger partial charge < -0.3 is 10.2 Å². The van der Waals surface area contributed by atoms with Crippen LogP contribution in [0.5, 0.6) is 0 Å². The second-order valence-corrected chi connectivity index (χ2v) is 11.3. The molecule has 0 saturated carbocycles. The zero-order valence-electron chi connectivity index (χ0n) is 22.0. The average Bonchev–Trinajstić information content (AvgIpc) is 2.87. The number of anilines is 1. The summed E-state index contributed by atoms with van der Waals surface area (Å²) in [5.74, 6) is -0.782. The third-order valence-corrected chi connectivity index (χ3v) is 7.97. The Kier molecular flexibility index (Phi) is 9.10.